The fourth-order valence-electron chi connectivity index (χ4n) is 2.00. The van der Waals surface area contributed by atoms with E-state index in [9.17, 15) is 0 Å². The Kier molecular flexibility index (Phi) is 4.56. The highest BCUT2D eigenvalue weighted by Gasteiger charge is 2.28. The van der Waals surface area contributed by atoms with Gasteiger partial charge in [0.05, 0.1) is 24.9 Å². The zero-order chi connectivity index (χ0) is 12.1. The molecule has 3 nitrogen and oxygen atoms in total. The topological polar surface area (TPSA) is 30.5 Å². The third kappa shape index (κ3) is 4.39. The van der Waals surface area contributed by atoms with Crippen LogP contribution in [0.5, 0.6) is 0 Å². The SMILES string of the molecule is CC1(C)CNCC(COCCc2cccs2)O1. The summed E-state index contributed by atoms with van der Waals surface area (Å²) in [6.45, 7) is 7.49. The van der Waals surface area contributed by atoms with Gasteiger partial charge in [0.1, 0.15) is 0 Å². The van der Waals surface area contributed by atoms with Crippen molar-refractivity contribution in [3.05, 3.63) is 22.4 Å². The van der Waals surface area contributed by atoms with Gasteiger partial charge < -0.3 is 14.8 Å². The van der Waals surface area contributed by atoms with E-state index < -0.39 is 0 Å². The molecule has 2 rings (SSSR count). The lowest BCUT2D eigenvalue weighted by atomic mass is 10.1. The summed E-state index contributed by atoms with van der Waals surface area (Å²) < 4.78 is 11.6. The van der Waals surface area contributed by atoms with Gasteiger partial charge in [-0.3, -0.25) is 0 Å². The van der Waals surface area contributed by atoms with E-state index in [1.807, 2.05) is 0 Å². The number of hydrogen-bond acceptors (Lipinski definition) is 4. The molecule has 1 unspecified atom stereocenters. The average molecular weight is 255 g/mol. The first-order chi connectivity index (χ1) is 8.16. The highest BCUT2D eigenvalue weighted by molar-refractivity contribution is 7.09. The zero-order valence-electron chi connectivity index (χ0n) is 10.6. The van der Waals surface area contributed by atoms with Gasteiger partial charge in [0.15, 0.2) is 0 Å². The molecule has 0 radical (unpaired) electrons. The Labute approximate surface area is 107 Å². The van der Waals surface area contributed by atoms with Gasteiger partial charge in [-0.25, -0.2) is 0 Å². The van der Waals surface area contributed by atoms with Crippen molar-refractivity contribution < 1.29 is 9.47 Å². The van der Waals surface area contributed by atoms with E-state index in [1.54, 1.807) is 11.3 Å². The number of rotatable bonds is 5. The second kappa shape index (κ2) is 5.96. The van der Waals surface area contributed by atoms with Crippen LogP contribution in [-0.4, -0.2) is 38.0 Å². The average Bonchev–Trinajstić information content (AvgIpc) is 2.76. The van der Waals surface area contributed by atoms with Gasteiger partial charge in [-0.1, -0.05) is 6.07 Å². The van der Waals surface area contributed by atoms with Crippen molar-refractivity contribution >= 4 is 11.3 Å². The molecular formula is C13H21NO2S. The summed E-state index contributed by atoms with van der Waals surface area (Å²) >= 11 is 1.79. The maximum absolute atomic E-state index is 5.93. The van der Waals surface area contributed by atoms with Crippen molar-refractivity contribution in [1.29, 1.82) is 0 Å². The third-order valence-corrected chi connectivity index (χ3v) is 3.72. The highest BCUT2D eigenvalue weighted by atomic mass is 32.1. The van der Waals surface area contributed by atoms with Crippen molar-refractivity contribution in [1.82, 2.24) is 5.32 Å². The molecule has 96 valence electrons. The molecule has 0 aliphatic carbocycles. The Morgan fingerprint density at radius 2 is 2.47 bits per heavy atom. The number of nitrogens with one attached hydrogen (secondary N) is 1. The largest absolute Gasteiger partial charge is 0.378 e. The molecule has 2 heterocycles. The molecule has 0 bridgehead atoms. The predicted molar refractivity (Wildman–Crippen MR) is 70.7 cm³/mol. The normalized spacial score (nSPS) is 23.8. The van der Waals surface area contributed by atoms with Crippen molar-refractivity contribution in [2.24, 2.45) is 0 Å². The van der Waals surface area contributed by atoms with E-state index in [1.165, 1.54) is 4.88 Å². The lowest BCUT2D eigenvalue weighted by Gasteiger charge is -2.36. The van der Waals surface area contributed by atoms with Crippen LogP contribution in [0.1, 0.15) is 18.7 Å². The van der Waals surface area contributed by atoms with Gasteiger partial charge in [-0.15, -0.1) is 11.3 Å². The van der Waals surface area contributed by atoms with E-state index in [0.29, 0.717) is 6.61 Å². The van der Waals surface area contributed by atoms with E-state index >= 15 is 0 Å². The van der Waals surface area contributed by atoms with Crippen molar-refractivity contribution in [2.75, 3.05) is 26.3 Å². The minimum Gasteiger partial charge on any atom is -0.378 e. The van der Waals surface area contributed by atoms with Crippen molar-refractivity contribution in [2.45, 2.75) is 32.0 Å². The number of hydrogen-bond donors (Lipinski definition) is 1. The fourth-order valence-corrected chi connectivity index (χ4v) is 2.69. The van der Waals surface area contributed by atoms with Crippen LogP contribution in [0.25, 0.3) is 0 Å². The molecule has 1 atom stereocenters. The first-order valence-electron chi connectivity index (χ1n) is 6.14. The molecular weight excluding hydrogens is 234 g/mol. The van der Waals surface area contributed by atoms with Gasteiger partial charge in [-0.05, 0) is 25.3 Å². The first kappa shape index (κ1) is 13.0. The van der Waals surface area contributed by atoms with Crippen LogP contribution >= 0.6 is 11.3 Å². The lowest BCUT2D eigenvalue weighted by molar-refractivity contribution is -0.119. The van der Waals surface area contributed by atoms with E-state index in [2.05, 4.69) is 36.7 Å². The molecule has 0 amide bonds. The highest BCUT2D eigenvalue weighted by Crippen LogP contribution is 2.15. The van der Waals surface area contributed by atoms with Crippen LogP contribution in [0.3, 0.4) is 0 Å². The summed E-state index contributed by atoms with van der Waals surface area (Å²) in [5.41, 5.74) is -0.0694. The molecule has 1 aliphatic heterocycles. The van der Waals surface area contributed by atoms with Gasteiger partial charge in [0.2, 0.25) is 0 Å². The van der Waals surface area contributed by atoms with E-state index in [0.717, 1.165) is 26.1 Å². The monoisotopic (exact) mass is 255 g/mol. The molecule has 1 aromatic heterocycles. The third-order valence-electron chi connectivity index (χ3n) is 2.79. The van der Waals surface area contributed by atoms with E-state index in [4.69, 9.17) is 9.47 Å². The molecule has 0 aromatic carbocycles. The molecule has 1 fully saturated rings. The summed E-state index contributed by atoms with van der Waals surface area (Å²) in [5, 5.41) is 5.48. The molecule has 1 saturated heterocycles. The maximum atomic E-state index is 5.93. The maximum Gasteiger partial charge on any atom is 0.0940 e. The summed E-state index contributed by atoms with van der Waals surface area (Å²) in [6.07, 6.45) is 1.18. The molecule has 4 heteroatoms. The van der Waals surface area contributed by atoms with E-state index in [-0.39, 0.29) is 11.7 Å². The zero-order valence-corrected chi connectivity index (χ0v) is 11.4. The number of thiophene rings is 1. The Morgan fingerprint density at radius 1 is 1.59 bits per heavy atom. The first-order valence-corrected chi connectivity index (χ1v) is 7.02. The number of ether oxygens (including phenoxy) is 2. The van der Waals surface area contributed by atoms with Gasteiger partial charge in [-0.2, -0.15) is 0 Å². The Bertz CT molecular complexity index is 324. The Hall–Kier alpha value is -0.420. The molecule has 1 aliphatic rings. The fraction of sp³-hybridized carbons (Fsp3) is 0.692. The summed E-state index contributed by atoms with van der Waals surface area (Å²) in [6, 6.07) is 4.23. The molecule has 17 heavy (non-hydrogen) atoms. The van der Waals surface area contributed by atoms with Gasteiger partial charge >= 0.3 is 0 Å². The summed E-state index contributed by atoms with van der Waals surface area (Å²) in [7, 11) is 0. The predicted octanol–water partition coefficient (Wildman–Crippen LogP) is 2.07. The molecule has 1 aromatic rings. The molecule has 0 spiro atoms. The van der Waals surface area contributed by atoms with Crippen LogP contribution in [0, 0.1) is 0 Å². The second-order valence-electron chi connectivity index (χ2n) is 5.03. The Morgan fingerprint density at radius 3 is 3.18 bits per heavy atom. The minimum absolute atomic E-state index is 0.0694. The van der Waals surface area contributed by atoms with Crippen molar-refractivity contribution in [3.63, 3.8) is 0 Å². The summed E-state index contributed by atoms with van der Waals surface area (Å²) in [5.74, 6) is 0. The van der Waals surface area contributed by atoms with Gasteiger partial charge in [0.25, 0.3) is 0 Å². The van der Waals surface area contributed by atoms with Crippen LogP contribution in [0.15, 0.2) is 17.5 Å². The Balaban J connectivity index is 1.62. The quantitative estimate of drug-likeness (QED) is 0.817. The second-order valence-corrected chi connectivity index (χ2v) is 6.07. The molecule has 1 N–H and O–H groups in total. The van der Waals surface area contributed by atoms with Gasteiger partial charge in [0, 0.05) is 24.4 Å². The van der Waals surface area contributed by atoms with Crippen LogP contribution in [0.2, 0.25) is 0 Å². The van der Waals surface area contributed by atoms with Crippen LogP contribution in [-0.2, 0) is 15.9 Å². The lowest BCUT2D eigenvalue weighted by Crippen LogP contribution is -2.51. The van der Waals surface area contributed by atoms with Crippen LogP contribution in [0.4, 0.5) is 0 Å². The smallest absolute Gasteiger partial charge is 0.0940 e. The standard InChI is InChI=1S/C13H21NO2S/c1-13(2)10-14-8-11(16-13)9-15-6-5-12-4-3-7-17-12/h3-4,7,11,14H,5-6,8-10H2,1-2H3. The number of morpholine rings is 1. The minimum atomic E-state index is -0.0694. The summed E-state index contributed by atoms with van der Waals surface area (Å²) in [4.78, 5) is 1.38. The molecule has 0 saturated carbocycles. The van der Waals surface area contributed by atoms with Crippen LogP contribution < -0.4 is 5.32 Å². The van der Waals surface area contributed by atoms with Crippen molar-refractivity contribution in [3.8, 4) is 0 Å².